The van der Waals surface area contributed by atoms with Gasteiger partial charge in [-0.25, -0.2) is 0 Å². The Balaban J connectivity index is 0.000000837. The van der Waals surface area contributed by atoms with Crippen molar-refractivity contribution >= 4 is 28.8 Å². The summed E-state index contributed by atoms with van der Waals surface area (Å²) in [7, 11) is 0. The van der Waals surface area contributed by atoms with Gasteiger partial charge in [0, 0.05) is 16.3 Å². The van der Waals surface area contributed by atoms with Crippen LogP contribution in [0.3, 0.4) is 0 Å². The maximum absolute atomic E-state index is 11.4. The minimum Gasteiger partial charge on any atom is -0.760 e. The topological polar surface area (TPSA) is 142 Å². The van der Waals surface area contributed by atoms with E-state index in [1.54, 1.807) is 18.2 Å². The molecule has 0 saturated heterocycles. The average Bonchev–Trinajstić information content (AvgIpc) is 2.70. The summed E-state index contributed by atoms with van der Waals surface area (Å²) in [6.07, 6.45) is 0.166. The zero-order chi connectivity index (χ0) is 23.8. The van der Waals surface area contributed by atoms with Gasteiger partial charge in [-0.15, -0.1) is 0 Å². The van der Waals surface area contributed by atoms with Crippen LogP contribution in [0.5, 0.6) is 11.5 Å². The largest absolute Gasteiger partial charge is 0.760 e. The van der Waals surface area contributed by atoms with Gasteiger partial charge in [-0.05, 0) is 65.9 Å². The molecule has 0 radical (unpaired) electrons. The molecule has 0 fully saturated rings. The van der Waals surface area contributed by atoms with Crippen LogP contribution in [-0.4, -0.2) is 14.7 Å². The number of nitrogens with two attached hydrogens (primary N) is 2. The molecule has 0 saturated carbocycles. The first kappa shape index (κ1) is 25.0. The lowest BCUT2D eigenvalue weighted by Gasteiger charge is -2.15. The highest BCUT2D eigenvalue weighted by atomic mass is 35.5. The number of aryl methyl sites for hydroxylation is 1. The molecule has 3 aromatic rings. The third kappa shape index (κ3) is 7.18. The molecule has 0 spiro atoms. The highest BCUT2D eigenvalue weighted by Crippen LogP contribution is 2.35. The van der Waals surface area contributed by atoms with Gasteiger partial charge in [0.25, 0.3) is 0 Å². The Hall–Kier alpha value is -3.22. The van der Waals surface area contributed by atoms with E-state index in [1.807, 2.05) is 44.2 Å². The highest BCUT2D eigenvalue weighted by molar-refractivity contribution is 7.76. The van der Waals surface area contributed by atoms with Crippen LogP contribution < -0.4 is 15.6 Å². The molecule has 1 atom stereocenters. The number of nitriles is 1. The summed E-state index contributed by atoms with van der Waals surface area (Å²) in [5.74, 6) is 0.778. The zero-order valence-electron chi connectivity index (χ0n) is 17.4. The Bertz CT molecular complexity index is 1200. The third-order valence-electron chi connectivity index (χ3n) is 4.54. The van der Waals surface area contributed by atoms with E-state index in [0.717, 1.165) is 27.8 Å². The molecule has 3 rings (SSSR count). The molecule has 1 unspecified atom stereocenters. The molecule has 1 amide bonds. The first-order valence-electron chi connectivity index (χ1n) is 9.30. The Morgan fingerprint density at radius 3 is 2.47 bits per heavy atom. The summed E-state index contributed by atoms with van der Waals surface area (Å²) < 4.78 is 23.6. The van der Waals surface area contributed by atoms with Crippen LogP contribution in [0.25, 0.3) is 11.1 Å². The summed E-state index contributed by atoms with van der Waals surface area (Å²) in [6.45, 7) is 3.97. The van der Waals surface area contributed by atoms with Gasteiger partial charge < -0.3 is 15.0 Å². The Morgan fingerprint density at radius 1 is 1.19 bits per heavy atom. The van der Waals surface area contributed by atoms with E-state index >= 15 is 0 Å². The van der Waals surface area contributed by atoms with Crippen LogP contribution in [0.4, 0.5) is 0 Å². The van der Waals surface area contributed by atoms with Crippen molar-refractivity contribution in [2.24, 2.45) is 10.9 Å². The van der Waals surface area contributed by atoms with Crippen molar-refractivity contribution in [3.8, 4) is 28.7 Å². The summed E-state index contributed by atoms with van der Waals surface area (Å²) in [5, 5.41) is 13.6. The first-order chi connectivity index (χ1) is 15.1. The average molecular weight is 471 g/mol. The minimum atomic E-state index is -2.36. The van der Waals surface area contributed by atoms with Crippen LogP contribution in [0.15, 0.2) is 54.6 Å². The SMILES string of the molecule is Cc1cc(-c2ccccc2CC(N)=O)cc(Oc2cc(Cl)cc(C#N)c2)c1C.NS(=O)[O-]. The van der Waals surface area contributed by atoms with Crippen LogP contribution >= 0.6 is 11.6 Å². The molecule has 0 aliphatic carbocycles. The lowest BCUT2D eigenvalue weighted by atomic mass is 9.94. The number of carbonyl (C=O) groups is 1. The lowest BCUT2D eigenvalue weighted by Crippen LogP contribution is -2.14. The van der Waals surface area contributed by atoms with Crippen molar-refractivity contribution in [1.29, 1.82) is 5.26 Å². The number of halogens is 1. The molecular formula is C23H21ClN3O4S-. The Kier molecular flexibility index (Phi) is 8.93. The van der Waals surface area contributed by atoms with E-state index in [1.165, 1.54) is 0 Å². The van der Waals surface area contributed by atoms with Gasteiger partial charge in [0.15, 0.2) is 0 Å². The predicted molar refractivity (Wildman–Crippen MR) is 124 cm³/mol. The molecule has 0 aromatic heterocycles. The van der Waals surface area contributed by atoms with Crippen molar-refractivity contribution < 1.29 is 18.3 Å². The van der Waals surface area contributed by atoms with E-state index < -0.39 is 11.3 Å². The van der Waals surface area contributed by atoms with Crippen molar-refractivity contribution in [3.05, 3.63) is 81.9 Å². The first-order valence-corrected chi connectivity index (χ1v) is 10.8. The number of hydrogen-bond acceptors (Lipinski definition) is 5. The minimum absolute atomic E-state index is 0.166. The molecule has 0 heterocycles. The van der Waals surface area contributed by atoms with Crippen molar-refractivity contribution in [2.45, 2.75) is 20.3 Å². The Labute approximate surface area is 194 Å². The smallest absolute Gasteiger partial charge is 0.221 e. The lowest BCUT2D eigenvalue weighted by molar-refractivity contribution is -0.117. The Morgan fingerprint density at radius 2 is 1.84 bits per heavy atom. The molecule has 0 aliphatic heterocycles. The summed E-state index contributed by atoms with van der Waals surface area (Å²) in [4.78, 5) is 11.4. The van der Waals surface area contributed by atoms with Gasteiger partial charge >= 0.3 is 0 Å². The van der Waals surface area contributed by atoms with E-state index in [4.69, 9.17) is 36.1 Å². The normalized spacial score (nSPS) is 11.0. The number of hydrogen-bond donors (Lipinski definition) is 2. The molecule has 9 heteroatoms. The van der Waals surface area contributed by atoms with Gasteiger partial charge in [0.05, 0.1) is 18.1 Å². The summed E-state index contributed by atoms with van der Waals surface area (Å²) in [5.41, 5.74) is 10.6. The van der Waals surface area contributed by atoms with E-state index in [9.17, 15) is 4.79 Å². The quantitative estimate of drug-likeness (QED) is 0.540. The van der Waals surface area contributed by atoms with Crippen LogP contribution in [0.2, 0.25) is 5.02 Å². The maximum atomic E-state index is 11.4. The number of benzene rings is 3. The molecule has 4 N–H and O–H groups in total. The predicted octanol–water partition coefficient (Wildman–Crippen LogP) is 4.05. The summed E-state index contributed by atoms with van der Waals surface area (Å²) >= 11 is 3.73. The van der Waals surface area contributed by atoms with Crippen LogP contribution in [-0.2, 0) is 22.5 Å². The van der Waals surface area contributed by atoms with E-state index in [0.29, 0.717) is 22.1 Å². The standard InChI is InChI=1S/C23H19ClN2O2.H3NO2S/c1-14-7-18(21-6-4-3-5-17(21)11-23(26)27)10-22(15(14)2)28-20-9-16(13-25)8-19(24)12-20;1-4(2)3/h3-10,12H,11H2,1-2H3,(H2,26,27);1H2,(H,2,3)/p-1. The molecule has 3 aromatic carbocycles. The van der Waals surface area contributed by atoms with Gasteiger partial charge in [0.2, 0.25) is 5.91 Å². The van der Waals surface area contributed by atoms with Crippen molar-refractivity contribution in [2.75, 3.05) is 0 Å². The second-order valence-electron chi connectivity index (χ2n) is 6.87. The van der Waals surface area contributed by atoms with Crippen LogP contribution in [0, 0.1) is 25.2 Å². The fraction of sp³-hybridized carbons (Fsp3) is 0.130. The summed E-state index contributed by atoms with van der Waals surface area (Å²) in [6, 6.07) is 18.6. The molecule has 0 aliphatic rings. The van der Waals surface area contributed by atoms with Crippen molar-refractivity contribution in [1.82, 2.24) is 0 Å². The van der Waals surface area contributed by atoms with Crippen molar-refractivity contribution in [3.63, 3.8) is 0 Å². The highest BCUT2D eigenvalue weighted by Gasteiger charge is 2.13. The second kappa shape index (κ2) is 11.4. The molecule has 166 valence electrons. The molecule has 7 nitrogen and oxygen atoms in total. The fourth-order valence-corrected chi connectivity index (χ4v) is 3.27. The second-order valence-corrected chi connectivity index (χ2v) is 7.82. The monoisotopic (exact) mass is 470 g/mol. The number of carbonyl (C=O) groups excluding carboxylic acids is 1. The zero-order valence-corrected chi connectivity index (χ0v) is 19.0. The number of rotatable bonds is 5. The molecule has 0 bridgehead atoms. The number of amides is 1. The molecular weight excluding hydrogens is 450 g/mol. The van der Waals surface area contributed by atoms with Gasteiger partial charge in [-0.3, -0.25) is 14.1 Å². The van der Waals surface area contributed by atoms with Gasteiger partial charge in [0.1, 0.15) is 11.5 Å². The fourth-order valence-electron chi connectivity index (χ4n) is 3.05. The van der Waals surface area contributed by atoms with Crippen LogP contribution in [0.1, 0.15) is 22.3 Å². The van der Waals surface area contributed by atoms with Gasteiger partial charge in [-0.2, -0.15) is 5.26 Å². The van der Waals surface area contributed by atoms with Gasteiger partial charge in [-0.1, -0.05) is 41.9 Å². The molecule has 32 heavy (non-hydrogen) atoms. The maximum Gasteiger partial charge on any atom is 0.221 e. The number of ether oxygens (including phenoxy) is 1. The number of nitrogens with zero attached hydrogens (tertiary/aromatic N) is 1. The number of primary amides is 1. The third-order valence-corrected chi connectivity index (χ3v) is 4.76. The van der Waals surface area contributed by atoms with E-state index in [2.05, 4.69) is 17.3 Å². The van der Waals surface area contributed by atoms with E-state index in [-0.39, 0.29) is 12.3 Å².